The lowest BCUT2D eigenvalue weighted by molar-refractivity contribution is 0.774. The Labute approximate surface area is 77.0 Å². The van der Waals surface area contributed by atoms with E-state index in [-0.39, 0.29) is 5.92 Å². The molecular weight excluding hydrogens is 174 g/mol. The summed E-state index contributed by atoms with van der Waals surface area (Å²) in [4.78, 5) is 8.22. The van der Waals surface area contributed by atoms with E-state index in [1.807, 2.05) is 20.8 Å². The maximum absolute atomic E-state index is 5.83. The van der Waals surface area contributed by atoms with Gasteiger partial charge in [-0.15, -0.1) is 0 Å². The second kappa shape index (κ2) is 3.27. The summed E-state index contributed by atoms with van der Waals surface area (Å²) in [5.74, 6) is 1.42. The number of nitrogens with two attached hydrogens (primary N) is 1. The van der Waals surface area contributed by atoms with E-state index in [0.717, 1.165) is 5.56 Å². The number of aromatic nitrogens is 2. The van der Waals surface area contributed by atoms with E-state index in [0.29, 0.717) is 16.8 Å². The molecule has 3 nitrogen and oxygen atoms in total. The molecule has 1 aromatic heterocycles. The Morgan fingerprint density at radius 1 is 1.33 bits per heavy atom. The summed E-state index contributed by atoms with van der Waals surface area (Å²) in [6, 6.07) is 0. The smallest absolute Gasteiger partial charge is 0.137 e. The lowest BCUT2D eigenvalue weighted by Gasteiger charge is -2.07. The molecule has 0 aliphatic heterocycles. The molecule has 0 aliphatic rings. The average molecular weight is 186 g/mol. The molecule has 0 saturated carbocycles. The maximum atomic E-state index is 5.83. The number of hydrogen-bond acceptors (Lipinski definition) is 3. The third-order valence-electron chi connectivity index (χ3n) is 1.66. The van der Waals surface area contributed by atoms with Gasteiger partial charge >= 0.3 is 0 Å². The van der Waals surface area contributed by atoms with Crippen molar-refractivity contribution in [3.63, 3.8) is 0 Å². The zero-order chi connectivity index (χ0) is 9.30. The van der Waals surface area contributed by atoms with Crippen LogP contribution in [0, 0.1) is 6.92 Å². The third-order valence-corrected chi connectivity index (χ3v) is 2.03. The predicted octanol–water partition coefficient (Wildman–Crippen LogP) is 2.14. The van der Waals surface area contributed by atoms with Crippen LogP contribution in [0.25, 0.3) is 0 Å². The topological polar surface area (TPSA) is 51.8 Å². The minimum absolute atomic E-state index is 0.255. The molecule has 1 heterocycles. The molecule has 0 fully saturated rings. The van der Waals surface area contributed by atoms with Gasteiger partial charge < -0.3 is 5.73 Å². The molecule has 4 heteroatoms. The molecule has 0 bridgehead atoms. The van der Waals surface area contributed by atoms with Crippen LogP contribution in [0.15, 0.2) is 0 Å². The number of hydrogen-bond donors (Lipinski definition) is 1. The Kier molecular flexibility index (Phi) is 2.52. The van der Waals surface area contributed by atoms with Crippen LogP contribution in [0.3, 0.4) is 0 Å². The highest BCUT2D eigenvalue weighted by Crippen LogP contribution is 2.20. The zero-order valence-corrected chi connectivity index (χ0v) is 8.18. The van der Waals surface area contributed by atoms with Crippen molar-refractivity contribution in [2.45, 2.75) is 26.7 Å². The van der Waals surface area contributed by atoms with E-state index in [1.54, 1.807) is 0 Å². The molecule has 0 radical (unpaired) electrons. The number of nitrogens with zero attached hydrogens (tertiary/aromatic N) is 2. The Morgan fingerprint density at radius 3 is 2.33 bits per heavy atom. The van der Waals surface area contributed by atoms with Crippen molar-refractivity contribution in [2.75, 3.05) is 5.73 Å². The lowest BCUT2D eigenvalue weighted by atomic mass is 10.2. The van der Waals surface area contributed by atoms with E-state index in [2.05, 4.69) is 9.97 Å². The van der Waals surface area contributed by atoms with Crippen molar-refractivity contribution < 1.29 is 0 Å². The highest BCUT2D eigenvalue weighted by atomic mass is 35.5. The van der Waals surface area contributed by atoms with Crippen LogP contribution in [-0.2, 0) is 0 Å². The van der Waals surface area contributed by atoms with Gasteiger partial charge in [-0.25, -0.2) is 9.97 Å². The first-order valence-corrected chi connectivity index (χ1v) is 4.19. The molecule has 0 aromatic carbocycles. The standard InChI is InChI=1S/C8H12ClN3/c1-4(2)8-11-6(9)5(3)7(10)12-8/h4H,1-3H3,(H2,10,11,12). The summed E-state index contributed by atoms with van der Waals surface area (Å²) in [6.07, 6.45) is 0. The van der Waals surface area contributed by atoms with E-state index < -0.39 is 0 Å². The molecule has 66 valence electrons. The minimum atomic E-state index is 0.255. The fourth-order valence-electron chi connectivity index (χ4n) is 0.781. The fraction of sp³-hybridized carbons (Fsp3) is 0.500. The Hall–Kier alpha value is -0.830. The van der Waals surface area contributed by atoms with Crippen molar-refractivity contribution in [1.82, 2.24) is 9.97 Å². The van der Waals surface area contributed by atoms with Gasteiger partial charge in [0.05, 0.1) is 0 Å². The summed E-state index contributed by atoms with van der Waals surface area (Å²) in [7, 11) is 0. The van der Waals surface area contributed by atoms with Crippen molar-refractivity contribution >= 4 is 17.4 Å². The first-order valence-electron chi connectivity index (χ1n) is 3.82. The van der Waals surface area contributed by atoms with Crippen molar-refractivity contribution in [3.8, 4) is 0 Å². The largest absolute Gasteiger partial charge is 0.383 e. The van der Waals surface area contributed by atoms with Crippen LogP contribution < -0.4 is 5.73 Å². The molecule has 0 unspecified atom stereocenters. The van der Waals surface area contributed by atoms with Gasteiger partial charge in [-0.3, -0.25) is 0 Å². The van der Waals surface area contributed by atoms with Gasteiger partial charge in [-0.1, -0.05) is 25.4 Å². The van der Waals surface area contributed by atoms with Gasteiger partial charge in [0.25, 0.3) is 0 Å². The monoisotopic (exact) mass is 185 g/mol. The van der Waals surface area contributed by atoms with Crippen molar-refractivity contribution in [1.29, 1.82) is 0 Å². The van der Waals surface area contributed by atoms with Crippen LogP contribution in [0.5, 0.6) is 0 Å². The normalized spacial score (nSPS) is 10.8. The number of rotatable bonds is 1. The van der Waals surface area contributed by atoms with E-state index >= 15 is 0 Å². The zero-order valence-electron chi connectivity index (χ0n) is 7.43. The number of anilines is 1. The molecule has 0 spiro atoms. The van der Waals surface area contributed by atoms with E-state index in [4.69, 9.17) is 17.3 Å². The van der Waals surface area contributed by atoms with Gasteiger partial charge in [0.15, 0.2) is 0 Å². The lowest BCUT2D eigenvalue weighted by Crippen LogP contribution is -2.04. The first kappa shape index (κ1) is 9.26. The van der Waals surface area contributed by atoms with Crippen LogP contribution in [-0.4, -0.2) is 9.97 Å². The van der Waals surface area contributed by atoms with Crippen LogP contribution in [0.1, 0.15) is 31.2 Å². The molecule has 0 aliphatic carbocycles. The third kappa shape index (κ3) is 1.67. The molecule has 0 saturated heterocycles. The summed E-state index contributed by atoms with van der Waals surface area (Å²) >= 11 is 5.83. The second-order valence-corrected chi connectivity index (χ2v) is 3.40. The molecule has 12 heavy (non-hydrogen) atoms. The first-order chi connectivity index (χ1) is 5.52. The molecule has 0 atom stereocenters. The maximum Gasteiger partial charge on any atom is 0.137 e. The van der Waals surface area contributed by atoms with Gasteiger partial charge in [-0.2, -0.15) is 0 Å². The van der Waals surface area contributed by atoms with Gasteiger partial charge in [0.2, 0.25) is 0 Å². The summed E-state index contributed by atoms with van der Waals surface area (Å²) in [5, 5.41) is 0.450. The van der Waals surface area contributed by atoms with E-state index in [9.17, 15) is 0 Å². The highest BCUT2D eigenvalue weighted by Gasteiger charge is 2.08. The highest BCUT2D eigenvalue weighted by molar-refractivity contribution is 6.30. The SMILES string of the molecule is Cc1c(N)nc(C(C)C)nc1Cl. The van der Waals surface area contributed by atoms with Crippen molar-refractivity contribution in [2.24, 2.45) is 0 Å². The minimum Gasteiger partial charge on any atom is -0.383 e. The Morgan fingerprint density at radius 2 is 1.92 bits per heavy atom. The quantitative estimate of drug-likeness (QED) is 0.683. The second-order valence-electron chi connectivity index (χ2n) is 3.04. The summed E-state index contributed by atoms with van der Waals surface area (Å²) in [6.45, 7) is 5.81. The fourth-order valence-corrected chi connectivity index (χ4v) is 0.964. The Balaban J connectivity index is 3.21. The average Bonchev–Trinajstić information content (AvgIpc) is 1.99. The van der Waals surface area contributed by atoms with Gasteiger partial charge in [-0.05, 0) is 6.92 Å². The number of halogens is 1. The Bertz CT molecular complexity index is 273. The molecule has 2 N–H and O–H groups in total. The van der Waals surface area contributed by atoms with Gasteiger partial charge in [0, 0.05) is 11.5 Å². The van der Waals surface area contributed by atoms with Crippen LogP contribution >= 0.6 is 11.6 Å². The summed E-state index contributed by atoms with van der Waals surface area (Å²) in [5.41, 5.74) is 6.37. The van der Waals surface area contributed by atoms with E-state index in [1.165, 1.54) is 0 Å². The predicted molar refractivity (Wildman–Crippen MR) is 50.3 cm³/mol. The molecular formula is C8H12ClN3. The van der Waals surface area contributed by atoms with Gasteiger partial charge in [0.1, 0.15) is 16.8 Å². The number of nitrogen functional groups attached to an aromatic ring is 1. The van der Waals surface area contributed by atoms with Crippen molar-refractivity contribution in [3.05, 3.63) is 16.5 Å². The van der Waals surface area contributed by atoms with Crippen LogP contribution in [0.4, 0.5) is 5.82 Å². The molecule has 1 aromatic rings. The molecule has 1 rings (SSSR count). The summed E-state index contributed by atoms with van der Waals surface area (Å²) < 4.78 is 0. The van der Waals surface area contributed by atoms with Crippen LogP contribution in [0.2, 0.25) is 5.15 Å². The molecule has 0 amide bonds.